The van der Waals surface area contributed by atoms with Crippen molar-refractivity contribution in [2.45, 2.75) is 32.9 Å². The molecule has 1 N–H and O–H groups in total. The molecule has 0 aliphatic carbocycles. The molecule has 2 rings (SSSR count). The highest BCUT2D eigenvalue weighted by atomic mass is 16.5. The molecule has 0 saturated carbocycles. The molecule has 0 aromatic heterocycles. The average molecular weight is 292 g/mol. The van der Waals surface area contributed by atoms with E-state index in [1.807, 2.05) is 0 Å². The van der Waals surface area contributed by atoms with Crippen LogP contribution in [0.1, 0.15) is 37.4 Å². The van der Waals surface area contributed by atoms with Crippen LogP contribution in [0.2, 0.25) is 0 Å². The second kappa shape index (κ2) is 8.37. The molecule has 0 radical (unpaired) electrons. The Bertz CT molecular complexity index is 431. The average Bonchev–Trinajstić information content (AvgIpc) is 2.53. The maximum absolute atomic E-state index is 5.52. The van der Waals surface area contributed by atoms with Gasteiger partial charge in [-0.25, -0.2) is 0 Å². The number of hydrogen-bond acceptors (Lipinski definition) is 4. The predicted molar refractivity (Wildman–Crippen MR) is 85.8 cm³/mol. The monoisotopic (exact) mass is 292 g/mol. The summed E-state index contributed by atoms with van der Waals surface area (Å²) < 4.78 is 10.9. The van der Waals surface area contributed by atoms with Crippen molar-refractivity contribution in [1.82, 2.24) is 10.2 Å². The highest BCUT2D eigenvalue weighted by molar-refractivity contribution is 5.38. The minimum Gasteiger partial charge on any atom is -0.496 e. The van der Waals surface area contributed by atoms with Crippen molar-refractivity contribution in [2.24, 2.45) is 0 Å². The highest BCUT2D eigenvalue weighted by Crippen LogP contribution is 2.25. The third kappa shape index (κ3) is 4.70. The van der Waals surface area contributed by atoms with E-state index in [4.69, 9.17) is 9.47 Å². The van der Waals surface area contributed by atoms with E-state index in [0.29, 0.717) is 6.04 Å². The molecule has 1 heterocycles. The smallest absolute Gasteiger partial charge is 0.123 e. The van der Waals surface area contributed by atoms with E-state index in [2.05, 4.69) is 42.3 Å². The lowest BCUT2D eigenvalue weighted by Crippen LogP contribution is -2.35. The highest BCUT2D eigenvalue weighted by Gasteiger charge is 2.15. The summed E-state index contributed by atoms with van der Waals surface area (Å²) in [6, 6.07) is 6.91. The fourth-order valence-electron chi connectivity index (χ4n) is 2.67. The van der Waals surface area contributed by atoms with Gasteiger partial charge >= 0.3 is 0 Å². The van der Waals surface area contributed by atoms with Gasteiger partial charge in [0.2, 0.25) is 0 Å². The summed E-state index contributed by atoms with van der Waals surface area (Å²) in [7, 11) is 1.75. The Balaban J connectivity index is 2.09. The van der Waals surface area contributed by atoms with Gasteiger partial charge in [0.1, 0.15) is 5.75 Å². The molecular formula is C17H28N2O2. The molecule has 118 valence electrons. The van der Waals surface area contributed by atoms with Gasteiger partial charge in [0.05, 0.1) is 20.3 Å². The van der Waals surface area contributed by atoms with Crippen molar-refractivity contribution in [3.8, 4) is 5.75 Å². The fraction of sp³-hybridized carbons (Fsp3) is 0.647. The van der Waals surface area contributed by atoms with E-state index in [1.165, 1.54) is 11.1 Å². The molecule has 0 amide bonds. The molecule has 4 nitrogen and oxygen atoms in total. The minimum atomic E-state index is 0.374. The summed E-state index contributed by atoms with van der Waals surface area (Å²) in [5, 5.41) is 3.54. The Morgan fingerprint density at radius 1 is 1.33 bits per heavy atom. The third-order valence-electron chi connectivity index (χ3n) is 4.00. The van der Waals surface area contributed by atoms with Gasteiger partial charge in [-0.1, -0.05) is 13.0 Å². The van der Waals surface area contributed by atoms with Crippen LogP contribution in [-0.4, -0.2) is 44.9 Å². The van der Waals surface area contributed by atoms with Gasteiger partial charge in [-0.05, 0) is 37.6 Å². The lowest BCUT2D eigenvalue weighted by molar-refractivity contribution is 0.0338. The zero-order valence-corrected chi connectivity index (χ0v) is 13.5. The van der Waals surface area contributed by atoms with Crippen molar-refractivity contribution < 1.29 is 9.47 Å². The van der Waals surface area contributed by atoms with Gasteiger partial charge in [0.15, 0.2) is 0 Å². The van der Waals surface area contributed by atoms with Crippen LogP contribution in [0.25, 0.3) is 0 Å². The molecule has 1 atom stereocenters. The number of ether oxygens (including phenoxy) is 2. The lowest BCUT2D eigenvalue weighted by atomic mass is 10.0. The molecule has 0 bridgehead atoms. The standard InChI is InChI=1S/C17H28N2O2/c1-4-7-18-14(2)15-5-6-17(20-3)16(12-15)13-19-8-10-21-11-9-19/h5-6,12,14,18H,4,7-11,13H2,1-3H3. The van der Waals surface area contributed by atoms with Crippen LogP contribution < -0.4 is 10.1 Å². The zero-order valence-electron chi connectivity index (χ0n) is 13.5. The lowest BCUT2D eigenvalue weighted by Gasteiger charge is -2.27. The molecule has 0 spiro atoms. The summed E-state index contributed by atoms with van der Waals surface area (Å²) in [5.74, 6) is 0.980. The Morgan fingerprint density at radius 3 is 2.76 bits per heavy atom. The number of morpholine rings is 1. The largest absolute Gasteiger partial charge is 0.496 e. The number of methoxy groups -OCH3 is 1. The van der Waals surface area contributed by atoms with Crippen LogP contribution in [0.4, 0.5) is 0 Å². The molecule has 4 heteroatoms. The molecule has 1 unspecified atom stereocenters. The first-order valence-electron chi connectivity index (χ1n) is 7.95. The maximum atomic E-state index is 5.52. The number of benzene rings is 1. The van der Waals surface area contributed by atoms with Crippen LogP contribution in [0.15, 0.2) is 18.2 Å². The fourth-order valence-corrected chi connectivity index (χ4v) is 2.67. The third-order valence-corrected chi connectivity index (χ3v) is 4.00. The molecule has 1 saturated heterocycles. The van der Waals surface area contributed by atoms with Crippen molar-refractivity contribution >= 4 is 0 Å². The summed E-state index contributed by atoms with van der Waals surface area (Å²) in [4.78, 5) is 2.43. The van der Waals surface area contributed by atoms with Gasteiger partial charge in [-0.15, -0.1) is 0 Å². The zero-order chi connectivity index (χ0) is 15.1. The summed E-state index contributed by atoms with van der Waals surface area (Å²) in [6.07, 6.45) is 1.15. The second-order valence-corrected chi connectivity index (χ2v) is 5.64. The molecular weight excluding hydrogens is 264 g/mol. The number of rotatable bonds is 7. The topological polar surface area (TPSA) is 33.7 Å². The maximum Gasteiger partial charge on any atom is 0.123 e. The Hall–Kier alpha value is -1.10. The quantitative estimate of drug-likeness (QED) is 0.837. The van der Waals surface area contributed by atoms with Gasteiger partial charge < -0.3 is 14.8 Å². The number of nitrogens with one attached hydrogen (secondary N) is 1. The Morgan fingerprint density at radius 2 is 2.10 bits per heavy atom. The predicted octanol–water partition coefficient (Wildman–Crippen LogP) is 2.59. The van der Waals surface area contributed by atoms with E-state index in [0.717, 1.165) is 51.6 Å². The molecule has 1 aliphatic heterocycles. The molecule has 21 heavy (non-hydrogen) atoms. The molecule has 1 aliphatic rings. The first-order valence-corrected chi connectivity index (χ1v) is 7.95. The van der Waals surface area contributed by atoms with Crippen molar-refractivity contribution in [3.05, 3.63) is 29.3 Å². The SMILES string of the molecule is CCCNC(C)c1ccc(OC)c(CN2CCOCC2)c1. The van der Waals surface area contributed by atoms with Crippen LogP contribution in [0.3, 0.4) is 0 Å². The van der Waals surface area contributed by atoms with E-state index >= 15 is 0 Å². The van der Waals surface area contributed by atoms with Crippen molar-refractivity contribution in [1.29, 1.82) is 0 Å². The van der Waals surface area contributed by atoms with Crippen LogP contribution in [0, 0.1) is 0 Å². The number of nitrogens with zero attached hydrogens (tertiary/aromatic N) is 1. The first kappa shape index (κ1) is 16.3. The van der Waals surface area contributed by atoms with E-state index in [1.54, 1.807) is 7.11 Å². The van der Waals surface area contributed by atoms with Crippen LogP contribution in [-0.2, 0) is 11.3 Å². The van der Waals surface area contributed by atoms with E-state index in [-0.39, 0.29) is 0 Å². The second-order valence-electron chi connectivity index (χ2n) is 5.64. The van der Waals surface area contributed by atoms with Gasteiger partial charge in [-0.3, -0.25) is 4.90 Å². The summed E-state index contributed by atoms with van der Waals surface area (Å²) in [6.45, 7) is 10.0. The van der Waals surface area contributed by atoms with Gasteiger partial charge in [-0.2, -0.15) is 0 Å². The number of hydrogen-bond donors (Lipinski definition) is 1. The first-order chi connectivity index (χ1) is 10.2. The summed E-state index contributed by atoms with van der Waals surface area (Å²) in [5.41, 5.74) is 2.59. The van der Waals surface area contributed by atoms with E-state index in [9.17, 15) is 0 Å². The van der Waals surface area contributed by atoms with E-state index < -0.39 is 0 Å². The van der Waals surface area contributed by atoms with Gasteiger partial charge in [0, 0.05) is 31.2 Å². The van der Waals surface area contributed by atoms with Gasteiger partial charge in [0.25, 0.3) is 0 Å². The van der Waals surface area contributed by atoms with Crippen LogP contribution >= 0.6 is 0 Å². The normalized spacial score (nSPS) is 17.7. The molecule has 1 aromatic carbocycles. The van der Waals surface area contributed by atoms with Crippen molar-refractivity contribution in [3.63, 3.8) is 0 Å². The Kier molecular flexibility index (Phi) is 6.49. The Labute approximate surface area is 128 Å². The minimum absolute atomic E-state index is 0.374. The van der Waals surface area contributed by atoms with Crippen molar-refractivity contribution in [2.75, 3.05) is 40.0 Å². The summed E-state index contributed by atoms with van der Waals surface area (Å²) >= 11 is 0. The molecule has 1 fully saturated rings. The van der Waals surface area contributed by atoms with Crippen LogP contribution in [0.5, 0.6) is 5.75 Å². The molecule has 1 aromatic rings.